The average molecular weight is 350 g/mol. The van der Waals surface area contributed by atoms with Crippen LogP contribution in [0, 0.1) is 0 Å². The quantitative estimate of drug-likeness (QED) is 0.833. The molecular weight excluding hydrogens is 330 g/mol. The number of benzene rings is 2. The van der Waals surface area contributed by atoms with E-state index in [1.807, 2.05) is 43.4 Å². The van der Waals surface area contributed by atoms with Crippen LogP contribution in [0.15, 0.2) is 46.9 Å². The first kappa shape index (κ1) is 16.0. The van der Waals surface area contributed by atoms with E-state index in [4.69, 9.17) is 9.84 Å². The van der Waals surface area contributed by atoms with Gasteiger partial charge in [0.1, 0.15) is 12.4 Å². The van der Waals surface area contributed by atoms with Crippen LogP contribution >= 0.6 is 15.9 Å². The maximum absolute atomic E-state index is 9.05. The summed E-state index contributed by atoms with van der Waals surface area (Å²) in [6.45, 7) is 2.67. The average Bonchev–Trinajstić information content (AvgIpc) is 2.52. The molecule has 112 valence electrons. The van der Waals surface area contributed by atoms with E-state index in [2.05, 4.69) is 34.2 Å². The summed E-state index contributed by atoms with van der Waals surface area (Å²) in [6, 6.07) is 14.1. The molecule has 4 heteroatoms. The van der Waals surface area contributed by atoms with E-state index in [1.54, 1.807) is 0 Å². The minimum atomic E-state index is 0.0661. The molecule has 0 aliphatic rings. The van der Waals surface area contributed by atoms with Crippen molar-refractivity contribution >= 4 is 15.9 Å². The fourth-order valence-electron chi connectivity index (χ4n) is 2.05. The molecule has 0 amide bonds. The second-order valence-corrected chi connectivity index (χ2v) is 5.87. The number of nitrogens with one attached hydrogen (secondary N) is 1. The molecule has 2 N–H and O–H groups in total. The molecule has 0 aromatic heterocycles. The van der Waals surface area contributed by atoms with E-state index in [0.717, 1.165) is 26.9 Å². The number of aliphatic hydroxyl groups is 1. The van der Waals surface area contributed by atoms with Gasteiger partial charge in [-0.3, -0.25) is 0 Å². The first-order valence-electron chi connectivity index (χ1n) is 6.92. The van der Waals surface area contributed by atoms with Crippen LogP contribution in [0.4, 0.5) is 0 Å². The summed E-state index contributed by atoms with van der Waals surface area (Å²) in [5.41, 5.74) is 3.12. The van der Waals surface area contributed by atoms with E-state index in [1.165, 1.54) is 0 Å². The fourth-order valence-corrected chi connectivity index (χ4v) is 2.39. The molecule has 0 saturated heterocycles. The molecule has 0 aliphatic carbocycles. The van der Waals surface area contributed by atoms with Crippen molar-refractivity contribution in [1.82, 2.24) is 5.32 Å². The molecule has 1 unspecified atom stereocenters. The summed E-state index contributed by atoms with van der Waals surface area (Å²) >= 11 is 3.48. The first-order chi connectivity index (χ1) is 10.1. The molecule has 0 fully saturated rings. The summed E-state index contributed by atoms with van der Waals surface area (Å²) in [5, 5.41) is 12.3. The second kappa shape index (κ2) is 7.59. The third kappa shape index (κ3) is 4.30. The van der Waals surface area contributed by atoms with Crippen LogP contribution in [-0.2, 0) is 13.2 Å². The number of aliphatic hydroxyl groups excluding tert-OH is 1. The minimum Gasteiger partial charge on any atom is -0.489 e. The van der Waals surface area contributed by atoms with Gasteiger partial charge in [-0.05, 0) is 37.2 Å². The lowest BCUT2D eigenvalue weighted by atomic mass is 10.1. The van der Waals surface area contributed by atoms with Gasteiger partial charge in [-0.2, -0.15) is 0 Å². The topological polar surface area (TPSA) is 41.5 Å². The third-order valence-electron chi connectivity index (χ3n) is 3.48. The maximum Gasteiger partial charge on any atom is 0.125 e. The van der Waals surface area contributed by atoms with E-state index in [9.17, 15) is 0 Å². The van der Waals surface area contributed by atoms with Gasteiger partial charge >= 0.3 is 0 Å². The van der Waals surface area contributed by atoms with Gasteiger partial charge in [-0.1, -0.05) is 46.3 Å². The Bertz CT molecular complexity index is 584. The van der Waals surface area contributed by atoms with Gasteiger partial charge in [0, 0.05) is 16.1 Å². The SMILES string of the molecule is CNC(C)c1ccc(Br)cc1OCc1ccc(CO)cc1. The van der Waals surface area contributed by atoms with Crippen molar-refractivity contribution in [2.75, 3.05) is 7.05 Å². The molecule has 3 nitrogen and oxygen atoms in total. The lowest BCUT2D eigenvalue weighted by Gasteiger charge is -2.17. The van der Waals surface area contributed by atoms with Crippen LogP contribution in [-0.4, -0.2) is 12.2 Å². The molecule has 1 atom stereocenters. The van der Waals surface area contributed by atoms with E-state index >= 15 is 0 Å². The Morgan fingerprint density at radius 3 is 2.43 bits per heavy atom. The van der Waals surface area contributed by atoms with Crippen LogP contribution in [0.25, 0.3) is 0 Å². The Hall–Kier alpha value is -1.36. The van der Waals surface area contributed by atoms with E-state index < -0.39 is 0 Å². The lowest BCUT2D eigenvalue weighted by molar-refractivity contribution is 0.281. The fraction of sp³-hybridized carbons (Fsp3) is 0.294. The van der Waals surface area contributed by atoms with Crippen LogP contribution in [0.5, 0.6) is 5.75 Å². The highest BCUT2D eigenvalue weighted by Crippen LogP contribution is 2.29. The molecule has 0 aliphatic heterocycles. The number of rotatable bonds is 6. The van der Waals surface area contributed by atoms with Crippen molar-refractivity contribution in [3.8, 4) is 5.75 Å². The Morgan fingerprint density at radius 2 is 1.81 bits per heavy atom. The Morgan fingerprint density at radius 1 is 1.14 bits per heavy atom. The van der Waals surface area contributed by atoms with Gasteiger partial charge in [0.2, 0.25) is 0 Å². The van der Waals surface area contributed by atoms with Gasteiger partial charge in [0.05, 0.1) is 6.61 Å². The van der Waals surface area contributed by atoms with Crippen molar-refractivity contribution in [3.63, 3.8) is 0 Å². The third-order valence-corrected chi connectivity index (χ3v) is 3.97. The van der Waals surface area contributed by atoms with Crippen molar-refractivity contribution in [2.45, 2.75) is 26.2 Å². The standard InChI is InChI=1S/C17H20BrNO2/c1-12(19-2)16-8-7-15(18)9-17(16)21-11-14-5-3-13(10-20)4-6-14/h3-9,12,19-20H,10-11H2,1-2H3. The lowest BCUT2D eigenvalue weighted by Crippen LogP contribution is -2.13. The van der Waals surface area contributed by atoms with Gasteiger partial charge in [0.15, 0.2) is 0 Å². The molecule has 0 radical (unpaired) electrons. The van der Waals surface area contributed by atoms with Crippen LogP contribution < -0.4 is 10.1 Å². The summed E-state index contributed by atoms with van der Waals surface area (Å²) in [5.74, 6) is 0.873. The molecule has 0 bridgehead atoms. The first-order valence-corrected chi connectivity index (χ1v) is 7.71. The predicted octanol–water partition coefficient (Wildman–Crippen LogP) is 3.80. The van der Waals surface area contributed by atoms with Crippen LogP contribution in [0.3, 0.4) is 0 Å². The molecule has 0 spiro atoms. The van der Waals surface area contributed by atoms with E-state index in [-0.39, 0.29) is 12.6 Å². The van der Waals surface area contributed by atoms with Gasteiger partial charge in [-0.15, -0.1) is 0 Å². The van der Waals surface area contributed by atoms with Crippen molar-refractivity contribution in [3.05, 3.63) is 63.6 Å². The maximum atomic E-state index is 9.05. The zero-order valence-electron chi connectivity index (χ0n) is 12.3. The van der Waals surface area contributed by atoms with Crippen LogP contribution in [0.1, 0.15) is 29.7 Å². The number of hydrogen-bond donors (Lipinski definition) is 2. The summed E-state index contributed by atoms with van der Waals surface area (Å²) in [6.07, 6.45) is 0. The normalized spacial score (nSPS) is 12.2. The monoisotopic (exact) mass is 349 g/mol. The molecule has 0 heterocycles. The van der Waals surface area contributed by atoms with Gasteiger partial charge in [0.25, 0.3) is 0 Å². The highest BCUT2D eigenvalue weighted by atomic mass is 79.9. The van der Waals surface area contributed by atoms with Gasteiger partial charge in [-0.25, -0.2) is 0 Å². The summed E-state index contributed by atoms with van der Waals surface area (Å²) < 4.78 is 6.97. The molecule has 2 aromatic rings. The van der Waals surface area contributed by atoms with Gasteiger partial charge < -0.3 is 15.2 Å². The Labute approximate surface area is 134 Å². The molecule has 0 saturated carbocycles. The summed E-state index contributed by atoms with van der Waals surface area (Å²) in [7, 11) is 1.93. The Kier molecular flexibility index (Phi) is 5.79. The highest BCUT2D eigenvalue weighted by molar-refractivity contribution is 9.10. The van der Waals surface area contributed by atoms with Crippen molar-refractivity contribution in [2.24, 2.45) is 0 Å². The smallest absolute Gasteiger partial charge is 0.125 e. The Balaban J connectivity index is 2.12. The van der Waals surface area contributed by atoms with Crippen molar-refractivity contribution < 1.29 is 9.84 Å². The van der Waals surface area contributed by atoms with Crippen LogP contribution in [0.2, 0.25) is 0 Å². The number of ether oxygens (including phenoxy) is 1. The zero-order chi connectivity index (χ0) is 15.2. The minimum absolute atomic E-state index is 0.0661. The highest BCUT2D eigenvalue weighted by Gasteiger charge is 2.10. The number of hydrogen-bond acceptors (Lipinski definition) is 3. The largest absolute Gasteiger partial charge is 0.489 e. The molecule has 2 rings (SSSR count). The second-order valence-electron chi connectivity index (χ2n) is 4.96. The van der Waals surface area contributed by atoms with E-state index in [0.29, 0.717) is 6.61 Å². The summed E-state index contributed by atoms with van der Waals surface area (Å²) in [4.78, 5) is 0. The molecule has 21 heavy (non-hydrogen) atoms. The molecule has 2 aromatic carbocycles. The zero-order valence-corrected chi connectivity index (χ0v) is 13.9. The predicted molar refractivity (Wildman–Crippen MR) is 88.3 cm³/mol. The molecular formula is C17H20BrNO2. The number of halogens is 1. The van der Waals surface area contributed by atoms with Crippen molar-refractivity contribution in [1.29, 1.82) is 0 Å².